The van der Waals surface area contributed by atoms with E-state index in [1.807, 2.05) is 0 Å². The predicted molar refractivity (Wildman–Crippen MR) is 212 cm³/mol. The minimum Gasteiger partial charge on any atom is -0.483 e. The summed E-state index contributed by atoms with van der Waals surface area (Å²) < 4.78 is 7.19. The van der Waals surface area contributed by atoms with E-state index in [9.17, 15) is 0 Å². The van der Waals surface area contributed by atoms with Crippen LogP contribution in [0.4, 0.5) is 11.4 Å². The maximum atomic E-state index is 7.19. The van der Waals surface area contributed by atoms with Gasteiger partial charge in [-0.2, -0.15) is 0 Å². The Morgan fingerprint density at radius 3 is 1.96 bits per heavy atom. The number of anilines is 2. The third kappa shape index (κ3) is 4.56. The molecule has 0 aromatic heterocycles. The van der Waals surface area contributed by atoms with Crippen molar-refractivity contribution < 1.29 is 4.74 Å². The van der Waals surface area contributed by atoms with Gasteiger partial charge in [0.25, 0.3) is 0 Å². The summed E-state index contributed by atoms with van der Waals surface area (Å²) in [7, 11) is 0. The lowest BCUT2D eigenvalue weighted by Crippen LogP contribution is -2.33. The van der Waals surface area contributed by atoms with E-state index < -0.39 is 0 Å². The summed E-state index contributed by atoms with van der Waals surface area (Å²) in [6, 6.07) is 57.2. The van der Waals surface area contributed by atoms with Crippen LogP contribution in [-0.4, -0.2) is 6.10 Å². The van der Waals surface area contributed by atoms with Gasteiger partial charge in [-0.15, -0.1) is 0 Å². The maximum Gasteiger partial charge on any atom is 0.149 e. The first kappa shape index (κ1) is 29.8. The summed E-state index contributed by atoms with van der Waals surface area (Å²) in [5.41, 5.74) is 14.7. The van der Waals surface area contributed by atoms with Gasteiger partial charge in [-0.1, -0.05) is 159 Å². The van der Waals surface area contributed by atoms with Crippen molar-refractivity contribution in [2.24, 2.45) is 0 Å². The predicted octanol–water partition coefficient (Wildman–Crippen LogP) is 12.6. The Kier molecular flexibility index (Phi) is 6.69. The van der Waals surface area contributed by atoms with Crippen molar-refractivity contribution >= 4 is 22.1 Å². The van der Waals surface area contributed by atoms with Crippen molar-refractivity contribution in [3.63, 3.8) is 0 Å². The zero-order chi connectivity index (χ0) is 34.1. The molecule has 0 N–H and O–H groups in total. The number of fused-ring (bicyclic) bond motifs is 8. The number of benzene rings is 7. The van der Waals surface area contributed by atoms with Crippen LogP contribution in [0.25, 0.3) is 44.2 Å². The van der Waals surface area contributed by atoms with Crippen LogP contribution in [-0.2, 0) is 5.41 Å². The van der Waals surface area contributed by atoms with Crippen molar-refractivity contribution in [1.29, 1.82) is 0 Å². The van der Waals surface area contributed by atoms with Crippen LogP contribution in [0.1, 0.15) is 36.5 Å². The van der Waals surface area contributed by atoms with Gasteiger partial charge >= 0.3 is 0 Å². The standard InChI is InChI=1S/C49H37NO/c1-49(2)42-25-13-11-22-37(42)38-29-28-34(30-43(38)49)50(44-26-14-12-20-35(44)32-16-5-3-6-17-32)45-27-15-24-40-47-39-23-10-9-21-36(39)41(31-46(47)51-48(40)45)33-18-7-4-8-19-33/h3-31,40,48H,1-2H3. The van der Waals surface area contributed by atoms with Crippen molar-refractivity contribution in [3.8, 4) is 39.1 Å². The third-order valence-corrected chi connectivity index (χ3v) is 11.2. The fourth-order valence-electron chi connectivity index (χ4n) is 8.83. The van der Waals surface area contributed by atoms with Crippen LogP contribution in [0.2, 0.25) is 0 Å². The number of ether oxygens (including phenoxy) is 1. The maximum absolute atomic E-state index is 7.19. The van der Waals surface area contributed by atoms with Gasteiger partial charge in [-0.25, -0.2) is 0 Å². The first-order valence-corrected chi connectivity index (χ1v) is 17.9. The molecule has 0 radical (unpaired) electrons. The molecule has 0 fully saturated rings. The molecule has 0 bridgehead atoms. The molecule has 0 spiro atoms. The van der Waals surface area contributed by atoms with Gasteiger partial charge in [-0.3, -0.25) is 0 Å². The number of rotatable bonds is 5. The summed E-state index contributed by atoms with van der Waals surface area (Å²) in [5.74, 6) is 1.03. The Morgan fingerprint density at radius 2 is 1.18 bits per heavy atom. The molecule has 2 unspecified atom stereocenters. The van der Waals surface area contributed by atoms with E-state index in [4.69, 9.17) is 4.74 Å². The zero-order valence-electron chi connectivity index (χ0n) is 28.8. The lowest BCUT2D eigenvalue weighted by atomic mass is 9.82. The molecular formula is C49H37NO. The second-order valence-corrected chi connectivity index (χ2v) is 14.4. The summed E-state index contributed by atoms with van der Waals surface area (Å²) in [5, 5.41) is 2.50. The Hall–Kier alpha value is -6.12. The first-order valence-electron chi connectivity index (χ1n) is 17.9. The van der Waals surface area contributed by atoms with Crippen LogP contribution in [0, 0.1) is 0 Å². The molecule has 51 heavy (non-hydrogen) atoms. The Balaban J connectivity index is 1.16. The smallest absolute Gasteiger partial charge is 0.149 e. The fraction of sp³-hybridized carbons (Fsp3) is 0.102. The normalized spacial score (nSPS) is 17.6. The third-order valence-electron chi connectivity index (χ3n) is 11.2. The largest absolute Gasteiger partial charge is 0.483 e. The lowest BCUT2D eigenvalue weighted by molar-refractivity contribution is 0.253. The van der Waals surface area contributed by atoms with E-state index in [2.05, 4.69) is 195 Å². The summed E-state index contributed by atoms with van der Waals surface area (Å²) in [6.45, 7) is 4.71. The van der Waals surface area contributed by atoms with E-state index in [0.29, 0.717) is 0 Å². The average molecular weight is 656 g/mol. The van der Waals surface area contributed by atoms with E-state index in [-0.39, 0.29) is 17.4 Å². The molecule has 7 aromatic rings. The number of hydrogen-bond donors (Lipinski definition) is 0. The van der Waals surface area contributed by atoms with Gasteiger partial charge in [0, 0.05) is 28.1 Å². The summed E-state index contributed by atoms with van der Waals surface area (Å²) >= 11 is 0. The molecule has 2 nitrogen and oxygen atoms in total. The highest BCUT2D eigenvalue weighted by Gasteiger charge is 2.42. The van der Waals surface area contributed by atoms with Crippen LogP contribution >= 0.6 is 0 Å². The van der Waals surface area contributed by atoms with Crippen molar-refractivity contribution in [3.05, 3.63) is 198 Å². The summed E-state index contributed by atoms with van der Waals surface area (Å²) in [6.07, 6.45) is 6.63. The number of para-hydroxylation sites is 1. The molecular weight excluding hydrogens is 619 g/mol. The lowest BCUT2D eigenvalue weighted by Gasteiger charge is -2.35. The highest BCUT2D eigenvalue weighted by Crippen LogP contribution is 2.54. The van der Waals surface area contributed by atoms with Gasteiger partial charge < -0.3 is 9.64 Å². The monoisotopic (exact) mass is 655 g/mol. The Morgan fingerprint density at radius 1 is 0.549 bits per heavy atom. The minimum atomic E-state index is -0.207. The van der Waals surface area contributed by atoms with Crippen LogP contribution in [0.5, 0.6) is 5.75 Å². The molecule has 3 aliphatic rings. The van der Waals surface area contributed by atoms with Gasteiger partial charge in [0.2, 0.25) is 0 Å². The number of nitrogens with zero attached hydrogens (tertiary/aromatic N) is 1. The first-order chi connectivity index (χ1) is 25.1. The number of allylic oxidation sites excluding steroid dienone is 2. The Bertz CT molecular complexity index is 2540. The Labute approximate surface area is 299 Å². The molecule has 2 atom stereocenters. The van der Waals surface area contributed by atoms with Crippen molar-refractivity contribution in [2.45, 2.75) is 31.3 Å². The average Bonchev–Trinajstić information content (AvgIpc) is 3.68. The second-order valence-electron chi connectivity index (χ2n) is 14.4. The molecule has 2 aliphatic carbocycles. The fourth-order valence-corrected chi connectivity index (χ4v) is 8.83. The molecule has 0 saturated carbocycles. The van der Waals surface area contributed by atoms with E-state index in [0.717, 1.165) is 22.8 Å². The molecule has 7 aromatic carbocycles. The van der Waals surface area contributed by atoms with Crippen LogP contribution < -0.4 is 9.64 Å². The zero-order valence-corrected chi connectivity index (χ0v) is 28.8. The minimum absolute atomic E-state index is 0.0660. The van der Waals surface area contributed by atoms with E-state index in [1.54, 1.807) is 0 Å². The van der Waals surface area contributed by atoms with E-state index in [1.165, 1.54) is 60.8 Å². The van der Waals surface area contributed by atoms with Gasteiger partial charge in [-0.05, 0) is 80.1 Å². The van der Waals surface area contributed by atoms with Gasteiger partial charge in [0.15, 0.2) is 0 Å². The van der Waals surface area contributed by atoms with Crippen molar-refractivity contribution in [2.75, 3.05) is 4.90 Å². The topological polar surface area (TPSA) is 12.5 Å². The molecule has 1 aliphatic heterocycles. The summed E-state index contributed by atoms with van der Waals surface area (Å²) in [4.78, 5) is 2.47. The second kappa shape index (κ2) is 11.5. The molecule has 1 heterocycles. The molecule has 0 saturated heterocycles. The van der Waals surface area contributed by atoms with Crippen LogP contribution in [0.15, 0.2) is 182 Å². The molecule has 2 heteroatoms. The van der Waals surface area contributed by atoms with Crippen LogP contribution in [0.3, 0.4) is 0 Å². The SMILES string of the molecule is CC1(C)c2ccccc2-c2ccc(N(C3=CC=CC4c5c(cc(-c6ccccc6)c6ccccc56)OC34)c3ccccc3-c3ccccc3)cc21. The number of hydrogen-bond acceptors (Lipinski definition) is 2. The van der Waals surface area contributed by atoms with Gasteiger partial charge in [0.1, 0.15) is 11.9 Å². The highest BCUT2D eigenvalue weighted by atomic mass is 16.5. The van der Waals surface area contributed by atoms with Crippen molar-refractivity contribution in [1.82, 2.24) is 0 Å². The molecule has 10 rings (SSSR count). The van der Waals surface area contributed by atoms with E-state index >= 15 is 0 Å². The van der Waals surface area contributed by atoms with Gasteiger partial charge in [0.05, 0.1) is 11.4 Å². The quantitative estimate of drug-likeness (QED) is 0.183. The molecule has 244 valence electrons. The highest BCUT2D eigenvalue weighted by molar-refractivity contribution is 6.01. The molecule has 0 amide bonds.